The zero-order valence-electron chi connectivity index (χ0n) is 18.7. The van der Waals surface area contributed by atoms with Gasteiger partial charge in [-0.05, 0) is 71.6 Å². The number of sulfonamides is 1. The van der Waals surface area contributed by atoms with Gasteiger partial charge in [0.1, 0.15) is 5.82 Å². The molecule has 0 spiro atoms. The summed E-state index contributed by atoms with van der Waals surface area (Å²) in [7, 11) is -3.31. The van der Waals surface area contributed by atoms with Crippen molar-refractivity contribution in [2.75, 3.05) is 23.3 Å². The molecule has 1 saturated heterocycles. The Morgan fingerprint density at radius 2 is 1.74 bits per heavy atom. The molecule has 1 aliphatic carbocycles. The van der Waals surface area contributed by atoms with Gasteiger partial charge in [0.15, 0.2) is 0 Å². The quantitative estimate of drug-likeness (QED) is 0.688. The van der Waals surface area contributed by atoms with E-state index in [1.807, 2.05) is 18.7 Å². The molecule has 2 atom stereocenters. The van der Waals surface area contributed by atoms with Gasteiger partial charge in [-0.3, -0.25) is 4.79 Å². The standard InChI is InChI=1S/C22H34FN3O4S/c1-14(2)31(28,29)25-18-7-5-17(6-8-18)22(27)24-19-9-10-21(20(23)11-19)26-12-15(3)30-16(4)13-26/h9-11,14-18,25H,5-8,12-13H2,1-4H3,(H,24,27). The summed E-state index contributed by atoms with van der Waals surface area (Å²) in [6.07, 6.45) is 2.49. The summed E-state index contributed by atoms with van der Waals surface area (Å²) in [6, 6.07) is 4.66. The zero-order chi connectivity index (χ0) is 22.8. The van der Waals surface area contributed by atoms with Crippen molar-refractivity contribution in [2.45, 2.75) is 76.9 Å². The lowest BCUT2D eigenvalue weighted by atomic mass is 9.86. The highest BCUT2D eigenvalue weighted by molar-refractivity contribution is 7.90. The second kappa shape index (κ2) is 9.83. The Bertz CT molecular complexity index is 875. The molecule has 7 nitrogen and oxygen atoms in total. The van der Waals surface area contributed by atoms with Crippen LogP contribution in [0.5, 0.6) is 0 Å². The maximum Gasteiger partial charge on any atom is 0.227 e. The number of benzene rings is 1. The first-order valence-corrected chi connectivity index (χ1v) is 12.6. The number of nitrogens with one attached hydrogen (secondary N) is 2. The number of carbonyl (C=O) groups excluding carboxylic acids is 1. The number of halogens is 1. The monoisotopic (exact) mass is 455 g/mol. The van der Waals surface area contributed by atoms with Gasteiger partial charge in [-0.2, -0.15) is 0 Å². The van der Waals surface area contributed by atoms with E-state index in [1.165, 1.54) is 6.07 Å². The van der Waals surface area contributed by atoms with Crippen LogP contribution in [0, 0.1) is 11.7 Å². The summed E-state index contributed by atoms with van der Waals surface area (Å²) < 4.78 is 47.3. The maximum absolute atomic E-state index is 14.8. The predicted octanol–water partition coefficient (Wildman–Crippen LogP) is 3.26. The summed E-state index contributed by atoms with van der Waals surface area (Å²) in [4.78, 5) is 14.6. The fourth-order valence-corrected chi connectivity index (χ4v) is 5.27. The summed E-state index contributed by atoms with van der Waals surface area (Å²) in [5.74, 6) is -0.722. The number of hydrogen-bond acceptors (Lipinski definition) is 5. The van der Waals surface area contributed by atoms with Gasteiger partial charge in [0.25, 0.3) is 0 Å². The molecule has 0 radical (unpaired) electrons. The molecule has 2 aliphatic rings. The lowest BCUT2D eigenvalue weighted by Gasteiger charge is -2.37. The summed E-state index contributed by atoms with van der Waals surface area (Å²) in [5, 5.41) is 2.34. The third-order valence-electron chi connectivity index (χ3n) is 6.03. The topological polar surface area (TPSA) is 87.7 Å². The minimum absolute atomic E-state index is 0.0303. The van der Waals surface area contributed by atoms with Crippen LogP contribution >= 0.6 is 0 Å². The van der Waals surface area contributed by atoms with E-state index in [-0.39, 0.29) is 35.9 Å². The van der Waals surface area contributed by atoms with E-state index >= 15 is 0 Å². The number of nitrogens with zero attached hydrogens (tertiary/aromatic N) is 1. The highest BCUT2D eigenvalue weighted by atomic mass is 32.2. The third-order valence-corrected chi connectivity index (χ3v) is 7.93. The Hall–Kier alpha value is -1.71. The Morgan fingerprint density at radius 1 is 1.13 bits per heavy atom. The smallest absolute Gasteiger partial charge is 0.227 e. The summed E-state index contributed by atoms with van der Waals surface area (Å²) in [5.41, 5.74) is 0.946. The molecule has 1 aliphatic heterocycles. The fraction of sp³-hybridized carbons (Fsp3) is 0.682. The molecule has 0 bridgehead atoms. The minimum Gasteiger partial charge on any atom is -0.372 e. The molecule has 0 aromatic heterocycles. The molecule has 1 amide bonds. The average Bonchev–Trinajstić information content (AvgIpc) is 2.67. The van der Waals surface area contributed by atoms with Crippen LogP contribution < -0.4 is 14.9 Å². The van der Waals surface area contributed by atoms with Crippen molar-refractivity contribution in [3.63, 3.8) is 0 Å². The molecule has 31 heavy (non-hydrogen) atoms. The maximum atomic E-state index is 14.8. The van der Waals surface area contributed by atoms with Gasteiger partial charge in [0, 0.05) is 30.7 Å². The lowest BCUT2D eigenvalue weighted by molar-refractivity contribution is -0.120. The molecule has 9 heteroatoms. The Morgan fingerprint density at radius 3 is 2.29 bits per heavy atom. The van der Waals surface area contributed by atoms with Crippen LogP contribution in [0.1, 0.15) is 53.4 Å². The van der Waals surface area contributed by atoms with E-state index in [0.717, 1.165) is 0 Å². The number of carbonyl (C=O) groups is 1. The number of rotatable bonds is 6. The largest absolute Gasteiger partial charge is 0.372 e. The Kier molecular flexibility index (Phi) is 7.59. The molecule has 1 aromatic carbocycles. The van der Waals surface area contributed by atoms with Gasteiger partial charge in [0.05, 0.1) is 23.1 Å². The molecular formula is C22H34FN3O4S. The first-order chi connectivity index (χ1) is 14.5. The Balaban J connectivity index is 1.55. The van der Waals surface area contributed by atoms with E-state index in [2.05, 4.69) is 10.0 Å². The number of amides is 1. The number of hydrogen-bond donors (Lipinski definition) is 2. The first kappa shape index (κ1) is 23.9. The van der Waals surface area contributed by atoms with Crippen molar-refractivity contribution in [1.29, 1.82) is 0 Å². The normalized spacial score (nSPS) is 27.4. The molecule has 174 valence electrons. The molecule has 1 heterocycles. The van der Waals surface area contributed by atoms with Crippen molar-refractivity contribution in [3.8, 4) is 0 Å². The van der Waals surface area contributed by atoms with Crippen LogP contribution in [0.2, 0.25) is 0 Å². The average molecular weight is 456 g/mol. The lowest BCUT2D eigenvalue weighted by Crippen LogP contribution is -2.45. The fourth-order valence-electron chi connectivity index (χ4n) is 4.30. The molecule has 2 unspecified atom stereocenters. The summed E-state index contributed by atoms with van der Waals surface area (Å²) in [6.45, 7) is 8.47. The van der Waals surface area contributed by atoms with Crippen molar-refractivity contribution < 1.29 is 22.3 Å². The highest BCUT2D eigenvalue weighted by Crippen LogP contribution is 2.29. The summed E-state index contributed by atoms with van der Waals surface area (Å²) >= 11 is 0. The molecule has 3 rings (SSSR count). The molecule has 2 N–H and O–H groups in total. The van der Waals surface area contributed by atoms with Crippen LogP contribution in [0.25, 0.3) is 0 Å². The van der Waals surface area contributed by atoms with Crippen LogP contribution in [0.3, 0.4) is 0 Å². The van der Waals surface area contributed by atoms with Crippen molar-refractivity contribution in [3.05, 3.63) is 24.0 Å². The van der Waals surface area contributed by atoms with Crippen LogP contribution in [0.15, 0.2) is 18.2 Å². The van der Waals surface area contributed by atoms with Crippen LogP contribution in [0.4, 0.5) is 15.8 Å². The van der Waals surface area contributed by atoms with E-state index in [1.54, 1.807) is 26.0 Å². The molecular weight excluding hydrogens is 421 g/mol. The van der Waals surface area contributed by atoms with E-state index < -0.39 is 15.3 Å². The Labute approximate surface area is 184 Å². The third kappa shape index (κ3) is 6.17. The van der Waals surface area contributed by atoms with E-state index in [0.29, 0.717) is 50.1 Å². The SMILES string of the molecule is CC1CN(c2ccc(NC(=O)C3CCC(NS(=O)(=O)C(C)C)CC3)cc2F)CC(C)O1. The highest BCUT2D eigenvalue weighted by Gasteiger charge is 2.30. The van der Waals surface area contributed by atoms with E-state index in [4.69, 9.17) is 4.74 Å². The van der Waals surface area contributed by atoms with Gasteiger partial charge >= 0.3 is 0 Å². The number of anilines is 2. The number of ether oxygens (including phenoxy) is 1. The zero-order valence-corrected chi connectivity index (χ0v) is 19.5. The van der Waals surface area contributed by atoms with Gasteiger partial charge in [0.2, 0.25) is 15.9 Å². The van der Waals surface area contributed by atoms with Gasteiger partial charge < -0.3 is 15.0 Å². The second-order valence-electron chi connectivity index (χ2n) is 9.08. The molecule has 1 saturated carbocycles. The van der Waals surface area contributed by atoms with Crippen molar-refractivity contribution in [2.24, 2.45) is 5.92 Å². The van der Waals surface area contributed by atoms with Gasteiger partial charge in [-0.1, -0.05) is 0 Å². The van der Waals surface area contributed by atoms with E-state index in [9.17, 15) is 17.6 Å². The number of morpholine rings is 1. The molecule has 2 fully saturated rings. The molecule has 1 aromatic rings. The first-order valence-electron chi connectivity index (χ1n) is 11.1. The van der Waals surface area contributed by atoms with Crippen molar-refractivity contribution >= 4 is 27.3 Å². The van der Waals surface area contributed by atoms with Crippen LogP contribution in [-0.4, -0.2) is 50.9 Å². The minimum atomic E-state index is -3.31. The van der Waals surface area contributed by atoms with Gasteiger partial charge in [-0.15, -0.1) is 0 Å². The van der Waals surface area contributed by atoms with Crippen molar-refractivity contribution in [1.82, 2.24) is 4.72 Å². The predicted molar refractivity (Wildman–Crippen MR) is 120 cm³/mol. The van der Waals surface area contributed by atoms with Crippen LogP contribution in [-0.2, 0) is 19.6 Å². The second-order valence-corrected chi connectivity index (χ2v) is 11.3. The van der Waals surface area contributed by atoms with Gasteiger partial charge in [-0.25, -0.2) is 17.5 Å².